The highest BCUT2D eigenvalue weighted by Crippen LogP contribution is 2.53. The molecule has 0 spiro atoms. The molecule has 1 amide bonds. The van der Waals surface area contributed by atoms with E-state index in [1.807, 2.05) is 12.1 Å². The van der Waals surface area contributed by atoms with Crippen LogP contribution in [0.1, 0.15) is 13.3 Å². The van der Waals surface area contributed by atoms with Crippen LogP contribution in [-0.2, 0) is 4.79 Å². The SMILES string of the molecule is CC(=O)Nc1cccc(OC[C@@H]2CC2(Cl)Cl)c1. The summed E-state index contributed by atoms with van der Waals surface area (Å²) in [5.74, 6) is 0.785. The third-order valence-corrected chi connectivity index (χ3v) is 3.49. The summed E-state index contributed by atoms with van der Waals surface area (Å²) in [6.07, 6.45) is 0.765. The third kappa shape index (κ3) is 3.51. The molecular formula is C12H13Cl2NO2. The number of hydrogen-bond acceptors (Lipinski definition) is 2. The zero-order chi connectivity index (χ0) is 12.5. The molecule has 92 valence electrons. The van der Waals surface area contributed by atoms with Gasteiger partial charge in [0.2, 0.25) is 5.91 Å². The molecule has 1 N–H and O–H groups in total. The zero-order valence-corrected chi connectivity index (χ0v) is 10.9. The second-order valence-corrected chi connectivity index (χ2v) is 5.72. The Morgan fingerprint density at radius 3 is 2.88 bits per heavy atom. The van der Waals surface area contributed by atoms with Crippen LogP contribution in [0.15, 0.2) is 24.3 Å². The highest BCUT2D eigenvalue weighted by molar-refractivity contribution is 6.50. The van der Waals surface area contributed by atoms with Gasteiger partial charge in [-0.15, -0.1) is 23.2 Å². The van der Waals surface area contributed by atoms with Crippen LogP contribution in [0.5, 0.6) is 5.75 Å². The number of benzene rings is 1. The second-order valence-electron chi connectivity index (χ2n) is 4.18. The van der Waals surface area contributed by atoms with Gasteiger partial charge in [-0.2, -0.15) is 0 Å². The number of hydrogen-bond donors (Lipinski definition) is 1. The van der Waals surface area contributed by atoms with Gasteiger partial charge >= 0.3 is 0 Å². The Balaban J connectivity index is 1.90. The molecular weight excluding hydrogens is 261 g/mol. The van der Waals surface area contributed by atoms with E-state index in [-0.39, 0.29) is 11.8 Å². The average Bonchev–Trinajstić information content (AvgIpc) is 2.83. The number of amides is 1. The Kier molecular flexibility index (Phi) is 3.50. The number of carbonyl (C=O) groups is 1. The van der Waals surface area contributed by atoms with E-state index in [0.717, 1.165) is 6.42 Å². The average molecular weight is 274 g/mol. The fraction of sp³-hybridized carbons (Fsp3) is 0.417. The first-order valence-corrected chi connectivity index (χ1v) is 6.11. The highest BCUT2D eigenvalue weighted by atomic mass is 35.5. The zero-order valence-electron chi connectivity index (χ0n) is 9.37. The Labute approximate surface area is 110 Å². The van der Waals surface area contributed by atoms with Crippen molar-refractivity contribution in [3.05, 3.63) is 24.3 Å². The van der Waals surface area contributed by atoms with E-state index in [4.69, 9.17) is 27.9 Å². The predicted molar refractivity (Wildman–Crippen MR) is 68.8 cm³/mol. The molecule has 1 aliphatic rings. The first-order valence-electron chi connectivity index (χ1n) is 5.35. The van der Waals surface area contributed by atoms with E-state index in [1.54, 1.807) is 12.1 Å². The van der Waals surface area contributed by atoms with E-state index in [2.05, 4.69) is 5.32 Å². The molecule has 0 aliphatic heterocycles. The fourth-order valence-electron chi connectivity index (χ4n) is 1.51. The molecule has 1 atom stereocenters. The molecule has 5 heteroatoms. The van der Waals surface area contributed by atoms with Crippen molar-refractivity contribution in [2.45, 2.75) is 17.7 Å². The maximum atomic E-state index is 10.9. The number of alkyl halides is 2. The van der Waals surface area contributed by atoms with Crippen molar-refractivity contribution in [1.82, 2.24) is 0 Å². The van der Waals surface area contributed by atoms with Crippen LogP contribution >= 0.6 is 23.2 Å². The minimum absolute atomic E-state index is 0.107. The Morgan fingerprint density at radius 2 is 2.29 bits per heavy atom. The lowest BCUT2D eigenvalue weighted by Crippen LogP contribution is -2.07. The van der Waals surface area contributed by atoms with Crippen molar-refractivity contribution in [2.75, 3.05) is 11.9 Å². The van der Waals surface area contributed by atoms with Crippen molar-refractivity contribution in [3.8, 4) is 5.75 Å². The van der Waals surface area contributed by atoms with Gasteiger partial charge in [-0.05, 0) is 18.6 Å². The van der Waals surface area contributed by atoms with Gasteiger partial charge < -0.3 is 10.1 Å². The Morgan fingerprint density at radius 1 is 1.59 bits per heavy atom. The van der Waals surface area contributed by atoms with Crippen LogP contribution in [0.3, 0.4) is 0 Å². The monoisotopic (exact) mass is 273 g/mol. The summed E-state index contributed by atoms with van der Waals surface area (Å²) in [6.45, 7) is 1.96. The fourth-order valence-corrected chi connectivity index (χ4v) is 2.01. The molecule has 1 fully saturated rings. The number of carbonyl (C=O) groups excluding carboxylic acids is 1. The van der Waals surface area contributed by atoms with E-state index in [0.29, 0.717) is 18.0 Å². The third-order valence-electron chi connectivity index (χ3n) is 2.56. The van der Waals surface area contributed by atoms with Crippen LogP contribution in [0.25, 0.3) is 0 Å². The molecule has 0 aromatic heterocycles. The number of halogens is 2. The molecule has 17 heavy (non-hydrogen) atoms. The molecule has 2 rings (SSSR count). The largest absolute Gasteiger partial charge is 0.493 e. The molecule has 1 aliphatic carbocycles. The second kappa shape index (κ2) is 4.75. The first-order chi connectivity index (χ1) is 7.97. The number of anilines is 1. The predicted octanol–water partition coefficient (Wildman–Crippen LogP) is 3.22. The summed E-state index contributed by atoms with van der Waals surface area (Å²) in [5, 5.41) is 2.69. The van der Waals surface area contributed by atoms with Gasteiger partial charge in [-0.1, -0.05) is 6.07 Å². The Bertz CT molecular complexity index is 434. The van der Waals surface area contributed by atoms with Crippen LogP contribution in [0.4, 0.5) is 5.69 Å². The highest BCUT2D eigenvalue weighted by Gasteiger charge is 2.52. The summed E-state index contributed by atoms with van der Waals surface area (Å²) in [7, 11) is 0. The lowest BCUT2D eigenvalue weighted by molar-refractivity contribution is -0.114. The molecule has 0 radical (unpaired) electrons. The minimum Gasteiger partial charge on any atom is -0.493 e. The molecule has 1 saturated carbocycles. The number of nitrogens with one attached hydrogen (secondary N) is 1. The van der Waals surface area contributed by atoms with E-state index < -0.39 is 4.33 Å². The molecule has 0 unspecified atom stereocenters. The van der Waals surface area contributed by atoms with Gasteiger partial charge in [0.15, 0.2) is 0 Å². The Hall–Kier alpha value is -0.930. The lowest BCUT2D eigenvalue weighted by atomic mass is 10.3. The summed E-state index contributed by atoms with van der Waals surface area (Å²) in [4.78, 5) is 10.9. The summed E-state index contributed by atoms with van der Waals surface area (Å²) < 4.78 is 4.95. The van der Waals surface area contributed by atoms with Gasteiger partial charge in [0.05, 0.1) is 6.61 Å². The molecule has 0 bridgehead atoms. The van der Waals surface area contributed by atoms with Gasteiger partial charge in [0.1, 0.15) is 10.1 Å². The number of ether oxygens (including phenoxy) is 1. The summed E-state index contributed by atoms with van der Waals surface area (Å²) in [6, 6.07) is 7.23. The maximum absolute atomic E-state index is 10.9. The molecule has 0 heterocycles. The maximum Gasteiger partial charge on any atom is 0.221 e. The minimum atomic E-state index is -0.616. The van der Waals surface area contributed by atoms with Crippen LogP contribution in [0, 0.1) is 5.92 Å². The van der Waals surface area contributed by atoms with Crippen LogP contribution < -0.4 is 10.1 Å². The number of rotatable bonds is 4. The molecule has 1 aromatic rings. The van der Waals surface area contributed by atoms with E-state index in [9.17, 15) is 4.79 Å². The lowest BCUT2D eigenvalue weighted by Gasteiger charge is -2.08. The van der Waals surface area contributed by atoms with Gasteiger partial charge in [0.25, 0.3) is 0 Å². The van der Waals surface area contributed by atoms with Gasteiger partial charge in [0, 0.05) is 24.6 Å². The van der Waals surface area contributed by atoms with Crippen molar-refractivity contribution in [3.63, 3.8) is 0 Å². The topological polar surface area (TPSA) is 38.3 Å². The van der Waals surface area contributed by atoms with Gasteiger partial charge in [-0.25, -0.2) is 0 Å². The first kappa shape index (κ1) is 12.5. The molecule has 3 nitrogen and oxygen atoms in total. The van der Waals surface area contributed by atoms with E-state index >= 15 is 0 Å². The van der Waals surface area contributed by atoms with Crippen molar-refractivity contribution >= 4 is 34.8 Å². The molecule has 1 aromatic carbocycles. The van der Waals surface area contributed by atoms with Crippen LogP contribution in [0.2, 0.25) is 0 Å². The summed E-state index contributed by atoms with van der Waals surface area (Å²) in [5.41, 5.74) is 0.716. The van der Waals surface area contributed by atoms with E-state index in [1.165, 1.54) is 6.92 Å². The summed E-state index contributed by atoms with van der Waals surface area (Å²) >= 11 is 11.8. The van der Waals surface area contributed by atoms with Gasteiger partial charge in [-0.3, -0.25) is 4.79 Å². The van der Waals surface area contributed by atoms with Crippen molar-refractivity contribution in [2.24, 2.45) is 5.92 Å². The standard InChI is InChI=1S/C12H13Cl2NO2/c1-8(16)15-10-3-2-4-11(5-10)17-7-9-6-12(9,13)14/h2-5,9H,6-7H2,1H3,(H,15,16)/t9-/m0/s1. The van der Waals surface area contributed by atoms with Crippen molar-refractivity contribution in [1.29, 1.82) is 0 Å². The van der Waals surface area contributed by atoms with Crippen molar-refractivity contribution < 1.29 is 9.53 Å². The quantitative estimate of drug-likeness (QED) is 0.856. The van der Waals surface area contributed by atoms with Crippen LogP contribution in [-0.4, -0.2) is 16.8 Å². The molecule has 0 saturated heterocycles. The normalized spacial score (nSPS) is 20.8. The smallest absolute Gasteiger partial charge is 0.221 e.